The Bertz CT molecular complexity index is 1040. The lowest BCUT2D eigenvalue weighted by atomic mass is 10.1. The van der Waals surface area contributed by atoms with Crippen LogP contribution >= 0.6 is 0 Å². The van der Waals surface area contributed by atoms with Crippen LogP contribution in [-0.2, 0) is 21.6 Å². The number of hydrogen-bond donors (Lipinski definition) is 0. The van der Waals surface area contributed by atoms with Gasteiger partial charge >= 0.3 is 0 Å². The summed E-state index contributed by atoms with van der Waals surface area (Å²) in [6, 6.07) is 10.2. The monoisotopic (exact) mass is 404 g/mol. The minimum Gasteiger partial charge on any atom is -0.726 e. The third-order valence-electron chi connectivity index (χ3n) is 3.50. The predicted octanol–water partition coefficient (Wildman–Crippen LogP) is 1.64. The number of nitro benzene ring substituents is 1. The molecule has 0 aliphatic heterocycles. The number of rotatable bonds is 4. The highest BCUT2D eigenvalue weighted by atomic mass is 32.3. The van der Waals surface area contributed by atoms with Crippen LogP contribution in [-0.4, -0.2) is 35.0 Å². The summed E-state index contributed by atoms with van der Waals surface area (Å²) < 4.78 is 33.0. The average molecular weight is 404 g/mol. The highest BCUT2D eigenvalue weighted by molar-refractivity contribution is 7.80. The molecule has 0 bridgehead atoms. The first-order valence-electron chi connectivity index (χ1n) is 7.73. The van der Waals surface area contributed by atoms with Crippen molar-refractivity contribution in [2.45, 2.75) is 0 Å². The summed E-state index contributed by atoms with van der Waals surface area (Å²) in [5.74, 6) is 0.645. The van der Waals surface area contributed by atoms with Gasteiger partial charge in [-0.2, -0.15) is 0 Å². The summed E-state index contributed by atoms with van der Waals surface area (Å²) in [7, 11) is -1.66. The van der Waals surface area contributed by atoms with Crippen molar-refractivity contribution in [3.8, 4) is 22.5 Å². The van der Waals surface area contributed by atoms with E-state index in [2.05, 4.69) is 14.2 Å². The van der Waals surface area contributed by atoms with Gasteiger partial charge in [0.15, 0.2) is 18.2 Å². The van der Waals surface area contributed by atoms with Crippen LogP contribution in [0.5, 0.6) is 0 Å². The summed E-state index contributed by atoms with van der Waals surface area (Å²) >= 11 is 0. The molecule has 0 saturated carbocycles. The minimum absolute atomic E-state index is 0.0680. The lowest BCUT2D eigenvalue weighted by Crippen LogP contribution is -2.25. The Labute approximate surface area is 161 Å². The summed E-state index contributed by atoms with van der Waals surface area (Å²) in [6.45, 7) is 0. The Kier molecular flexibility index (Phi) is 6.82. The van der Waals surface area contributed by atoms with Gasteiger partial charge in [-0.25, -0.2) is 23.0 Å². The maximum absolute atomic E-state index is 10.7. The summed E-state index contributed by atoms with van der Waals surface area (Å²) in [5.41, 5.74) is 2.67. The number of pyridine rings is 1. The van der Waals surface area contributed by atoms with Crippen LogP contribution in [0.4, 0.5) is 5.69 Å². The van der Waals surface area contributed by atoms with Crippen molar-refractivity contribution in [2.24, 2.45) is 7.05 Å². The van der Waals surface area contributed by atoms with Crippen LogP contribution in [0.3, 0.4) is 0 Å². The Morgan fingerprint density at radius 1 is 0.964 bits per heavy atom. The van der Waals surface area contributed by atoms with Gasteiger partial charge < -0.3 is 4.55 Å². The van der Waals surface area contributed by atoms with E-state index in [1.165, 1.54) is 12.1 Å². The fourth-order valence-corrected chi connectivity index (χ4v) is 2.05. The van der Waals surface area contributed by atoms with Gasteiger partial charge in [0.25, 0.3) is 5.69 Å². The lowest BCUT2D eigenvalue weighted by molar-refractivity contribution is -0.671. The quantitative estimate of drug-likeness (QED) is 0.210. The smallest absolute Gasteiger partial charge is 0.269 e. The normalized spacial score (nSPS) is 10.7. The van der Waals surface area contributed by atoms with Crippen LogP contribution in [0.1, 0.15) is 0 Å². The van der Waals surface area contributed by atoms with Crippen molar-refractivity contribution < 1.29 is 26.6 Å². The van der Waals surface area contributed by atoms with Crippen LogP contribution in [0, 0.1) is 10.1 Å². The molecular weight excluding hydrogens is 388 g/mol. The molecule has 0 radical (unpaired) electrons. The zero-order valence-corrected chi connectivity index (χ0v) is 15.7. The molecule has 3 rings (SSSR count). The molecule has 0 saturated heterocycles. The topological polar surface area (TPSA) is 139 Å². The van der Waals surface area contributed by atoms with E-state index >= 15 is 0 Å². The van der Waals surface area contributed by atoms with Gasteiger partial charge in [-0.15, -0.1) is 0 Å². The number of nitrogens with zero attached hydrogens (tertiary/aromatic N) is 4. The Morgan fingerprint density at radius 3 is 1.89 bits per heavy atom. The molecule has 11 heteroatoms. The fraction of sp³-hybridized carbons (Fsp3) is 0.118. The van der Waals surface area contributed by atoms with E-state index in [9.17, 15) is 23.1 Å². The molecule has 1 aromatic carbocycles. The molecule has 146 valence electrons. The van der Waals surface area contributed by atoms with Gasteiger partial charge in [-0.05, 0) is 17.7 Å². The molecule has 0 atom stereocenters. The van der Waals surface area contributed by atoms with Gasteiger partial charge in [0.2, 0.25) is 10.4 Å². The highest BCUT2D eigenvalue weighted by Crippen LogP contribution is 2.22. The summed E-state index contributed by atoms with van der Waals surface area (Å²) in [4.78, 5) is 19.0. The van der Waals surface area contributed by atoms with Crippen molar-refractivity contribution in [1.82, 2.24) is 9.97 Å². The molecule has 0 aliphatic rings. The summed E-state index contributed by atoms with van der Waals surface area (Å²) in [6.07, 6.45) is 7.30. The third kappa shape index (κ3) is 6.16. The maximum Gasteiger partial charge on any atom is 0.269 e. The highest BCUT2D eigenvalue weighted by Gasteiger charge is 2.07. The van der Waals surface area contributed by atoms with E-state index in [0.717, 1.165) is 23.8 Å². The van der Waals surface area contributed by atoms with E-state index in [4.69, 9.17) is 0 Å². The van der Waals surface area contributed by atoms with Crippen molar-refractivity contribution >= 4 is 16.1 Å². The lowest BCUT2D eigenvalue weighted by Gasteiger charge is -2.02. The van der Waals surface area contributed by atoms with E-state index in [1.807, 2.05) is 36.1 Å². The molecule has 0 unspecified atom stereocenters. The second-order valence-electron chi connectivity index (χ2n) is 5.43. The molecule has 2 aromatic heterocycles. The van der Waals surface area contributed by atoms with E-state index in [-0.39, 0.29) is 5.69 Å². The molecular formula is C17H16N4O6S. The van der Waals surface area contributed by atoms with E-state index in [0.29, 0.717) is 5.82 Å². The van der Waals surface area contributed by atoms with Crippen LogP contribution in [0.25, 0.3) is 22.5 Å². The van der Waals surface area contributed by atoms with Gasteiger partial charge in [-0.3, -0.25) is 14.3 Å². The maximum atomic E-state index is 10.7. The predicted molar refractivity (Wildman–Crippen MR) is 97.4 cm³/mol. The van der Waals surface area contributed by atoms with Crippen LogP contribution in [0.15, 0.2) is 61.2 Å². The number of benzene rings is 1. The van der Waals surface area contributed by atoms with Crippen molar-refractivity contribution in [2.75, 3.05) is 7.11 Å². The third-order valence-corrected chi connectivity index (χ3v) is 3.91. The molecule has 28 heavy (non-hydrogen) atoms. The summed E-state index contributed by atoms with van der Waals surface area (Å²) in [5, 5.41) is 10.7. The SMILES string of the molecule is COS(=O)(=O)[O-].C[n+]1ccc(-c2ncc(-c3ccc([N+](=O)[O-])cc3)cn2)cc1. The number of hydrogen-bond acceptors (Lipinski definition) is 8. The molecule has 10 nitrogen and oxygen atoms in total. The molecule has 0 amide bonds. The zero-order valence-electron chi connectivity index (χ0n) is 14.9. The van der Waals surface area contributed by atoms with Crippen molar-refractivity contribution in [3.05, 3.63) is 71.3 Å². The van der Waals surface area contributed by atoms with Crippen LogP contribution in [0.2, 0.25) is 0 Å². The zero-order chi connectivity index (χ0) is 20.7. The number of aryl methyl sites for hydroxylation is 1. The van der Waals surface area contributed by atoms with Crippen LogP contribution < -0.4 is 4.57 Å². The van der Waals surface area contributed by atoms with Gasteiger partial charge in [-0.1, -0.05) is 0 Å². The Morgan fingerprint density at radius 2 is 1.46 bits per heavy atom. The van der Waals surface area contributed by atoms with Gasteiger partial charge in [0.1, 0.15) is 7.05 Å². The fourth-order valence-electron chi connectivity index (χ4n) is 2.05. The van der Waals surface area contributed by atoms with Crippen molar-refractivity contribution in [3.63, 3.8) is 0 Å². The Balaban J connectivity index is 0.000000409. The molecule has 3 aromatic rings. The van der Waals surface area contributed by atoms with E-state index < -0.39 is 15.3 Å². The first kappa shape index (κ1) is 21.0. The van der Waals surface area contributed by atoms with Crippen molar-refractivity contribution in [1.29, 1.82) is 0 Å². The standard InChI is InChI=1S/C16H13N4O2.CH4O4S/c1-19-8-6-13(7-9-19)16-17-10-14(11-18-16)12-2-4-15(5-3-12)20(21)22;1-5-6(2,3)4/h2-11H,1H3;1H3,(H,2,3,4)/q+1;/p-1. The average Bonchev–Trinajstić information content (AvgIpc) is 2.69. The minimum atomic E-state index is -4.41. The second-order valence-corrected chi connectivity index (χ2v) is 6.58. The number of aromatic nitrogens is 3. The largest absolute Gasteiger partial charge is 0.726 e. The van der Waals surface area contributed by atoms with Gasteiger partial charge in [0, 0.05) is 47.8 Å². The number of non-ortho nitro benzene ring substituents is 1. The molecule has 0 aliphatic carbocycles. The van der Waals surface area contributed by atoms with Gasteiger partial charge in [0.05, 0.1) is 12.0 Å². The Hall–Kier alpha value is -3.28. The second kappa shape index (κ2) is 9.08. The molecule has 2 heterocycles. The molecule has 0 N–H and O–H groups in total. The van der Waals surface area contributed by atoms with E-state index in [1.54, 1.807) is 24.5 Å². The first-order valence-corrected chi connectivity index (χ1v) is 9.07. The number of nitro groups is 1. The first-order chi connectivity index (χ1) is 13.2. The molecule has 0 spiro atoms. The molecule has 0 fully saturated rings.